The summed E-state index contributed by atoms with van der Waals surface area (Å²) in [6, 6.07) is 25.2. The van der Waals surface area contributed by atoms with Crippen LogP contribution in [-0.2, 0) is 20.8 Å². The minimum atomic E-state index is -0.784. The quantitative estimate of drug-likeness (QED) is 0.158. The molecule has 0 N–H and O–H groups in total. The van der Waals surface area contributed by atoms with E-state index < -0.39 is 12.0 Å². The molecule has 5 aromatic rings. The summed E-state index contributed by atoms with van der Waals surface area (Å²) >= 11 is 1.31. The first kappa shape index (κ1) is 30.3. The van der Waals surface area contributed by atoms with Crippen molar-refractivity contribution in [3.8, 4) is 5.75 Å². The number of carbonyl (C=O) groups excluding carboxylic acids is 1. The van der Waals surface area contributed by atoms with Gasteiger partial charge in [0.15, 0.2) is 4.80 Å². The highest BCUT2D eigenvalue weighted by Gasteiger charge is 2.35. The first-order chi connectivity index (χ1) is 21.9. The van der Waals surface area contributed by atoms with Crippen molar-refractivity contribution in [1.29, 1.82) is 0 Å². The van der Waals surface area contributed by atoms with Crippen molar-refractivity contribution in [3.05, 3.63) is 133 Å². The molecule has 45 heavy (non-hydrogen) atoms. The standard InChI is InChI=1S/C36H35N3O5S/c1-23(2)44-30-17-11-9-15-28(30)33-32(35(41)43-19-18-42-4)24(3)37-36-39(33)34(40)31(45-36)20-26-22-38(21-25-12-6-5-7-13-25)29-16-10-8-14-27(26)29/h5-17,20,22-23,33H,18-19,21H2,1-4H3/b31-20+/t33-/m1/s1. The van der Waals surface area contributed by atoms with E-state index in [1.54, 1.807) is 18.6 Å². The summed E-state index contributed by atoms with van der Waals surface area (Å²) in [7, 11) is 1.55. The van der Waals surface area contributed by atoms with Crippen LogP contribution in [-0.4, -0.2) is 41.5 Å². The third kappa shape index (κ3) is 6.14. The van der Waals surface area contributed by atoms with Crippen molar-refractivity contribution < 1.29 is 19.0 Å². The lowest BCUT2D eigenvalue weighted by molar-refractivity contribution is -0.140. The molecule has 3 heterocycles. The Morgan fingerprint density at radius 3 is 2.51 bits per heavy atom. The van der Waals surface area contributed by atoms with Gasteiger partial charge in [-0.05, 0) is 44.5 Å². The van der Waals surface area contributed by atoms with Gasteiger partial charge in [-0.2, -0.15) is 0 Å². The van der Waals surface area contributed by atoms with Crippen LogP contribution in [0.1, 0.15) is 43.5 Å². The van der Waals surface area contributed by atoms with Crippen LogP contribution in [0.15, 0.2) is 106 Å². The molecule has 0 saturated heterocycles. The van der Waals surface area contributed by atoms with Gasteiger partial charge in [-0.25, -0.2) is 9.79 Å². The molecule has 1 atom stereocenters. The molecule has 0 spiro atoms. The summed E-state index contributed by atoms with van der Waals surface area (Å²) < 4.78 is 21.2. The number of rotatable bonds is 10. The van der Waals surface area contributed by atoms with Gasteiger partial charge in [0.1, 0.15) is 18.4 Å². The highest BCUT2D eigenvalue weighted by molar-refractivity contribution is 7.07. The van der Waals surface area contributed by atoms with Gasteiger partial charge in [0.25, 0.3) is 5.56 Å². The molecule has 0 unspecified atom stereocenters. The lowest BCUT2D eigenvalue weighted by atomic mass is 9.95. The van der Waals surface area contributed by atoms with Crippen LogP contribution in [0.5, 0.6) is 5.75 Å². The fourth-order valence-corrected chi connectivity index (χ4v) is 6.72. The van der Waals surface area contributed by atoms with Crippen LogP contribution < -0.4 is 19.6 Å². The predicted molar refractivity (Wildman–Crippen MR) is 176 cm³/mol. The molecule has 3 aromatic carbocycles. The van der Waals surface area contributed by atoms with Gasteiger partial charge in [-0.1, -0.05) is 78.1 Å². The van der Waals surface area contributed by atoms with Crippen molar-refractivity contribution in [2.75, 3.05) is 20.3 Å². The molecule has 1 aliphatic heterocycles. The zero-order valence-corrected chi connectivity index (χ0v) is 26.5. The highest BCUT2D eigenvalue weighted by atomic mass is 32.1. The smallest absolute Gasteiger partial charge is 0.338 e. The third-order valence-corrected chi connectivity index (χ3v) is 8.62. The minimum absolute atomic E-state index is 0.0838. The topological polar surface area (TPSA) is 84.0 Å². The zero-order valence-electron chi connectivity index (χ0n) is 25.7. The van der Waals surface area contributed by atoms with Crippen molar-refractivity contribution >= 4 is 34.3 Å². The van der Waals surface area contributed by atoms with Gasteiger partial charge in [-0.3, -0.25) is 9.36 Å². The molecule has 230 valence electrons. The first-order valence-corrected chi connectivity index (χ1v) is 15.7. The Labute approximate surface area is 265 Å². The molecule has 6 rings (SSSR count). The van der Waals surface area contributed by atoms with E-state index in [9.17, 15) is 9.59 Å². The third-order valence-electron chi connectivity index (χ3n) is 7.64. The van der Waals surface area contributed by atoms with E-state index in [-0.39, 0.29) is 24.9 Å². The van der Waals surface area contributed by atoms with Gasteiger partial charge in [0, 0.05) is 41.9 Å². The molecule has 9 heteroatoms. The monoisotopic (exact) mass is 621 g/mol. The Hall–Kier alpha value is -4.73. The molecular formula is C36H35N3O5S. The van der Waals surface area contributed by atoms with Crippen molar-refractivity contribution in [1.82, 2.24) is 9.13 Å². The van der Waals surface area contributed by atoms with Crippen LogP contribution in [0.25, 0.3) is 17.0 Å². The van der Waals surface area contributed by atoms with E-state index in [1.807, 2.05) is 74.5 Å². The molecule has 0 bridgehead atoms. The fraction of sp³-hybridized carbons (Fsp3) is 0.250. The van der Waals surface area contributed by atoms with E-state index in [4.69, 9.17) is 19.2 Å². The summed E-state index contributed by atoms with van der Waals surface area (Å²) in [6.07, 6.45) is 3.90. The van der Waals surface area contributed by atoms with E-state index in [0.717, 1.165) is 16.5 Å². The molecule has 0 fully saturated rings. The summed E-state index contributed by atoms with van der Waals surface area (Å²) in [6.45, 7) is 6.71. The Kier molecular flexibility index (Phi) is 8.82. The lowest BCUT2D eigenvalue weighted by Crippen LogP contribution is -2.40. The molecule has 0 aliphatic carbocycles. The number of thiazole rings is 1. The number of ether oxygens (including phenoxy) is 3. The van der Waals surface area contributed by atoms with Crippen LogP contribution in [0.4, 0.5) is 0 Å². The normalized spacial score (nSPS) is 15.0. The van der Waals surface area contributed by atoms with E-state index in [1.165, 1.54) is 16.9 Å². The van der Waals surface area contributed by atoms with Crippen molar-refractivity contribution in [2.24, 2.45) is 4.99 Å². The Balaban J connectivity index is 1.51. The Bertz CT molecular complexity index is 2070. The van der Waals surface area contributed by atoms with Crippen LogP contribution in [0.3, 0.4) is 0 Å². The number of esters is 1. The number of hydrogen-bond donors (Lipinski definition) is 0. The average molecular weight is 622 g/mol. The van der Waals surface area contributed by atoms with Crippen molar-refractivity contribution in [2.45, 2.75) is 39.5 Å². The molecule has 8 nitrogen and oxygen atoms in total. The molecule has 2 aromatic heterocycles. The number of carbonyl (C=O) groups is 1. The number of hydrogen-bond acceptors (Lipinski definition) is 7. The maximum absolute atomic E-state index is 14.3. The minimum Gasteiger partial charge on any atom is -0.491 e. The molecule has 0 amide bonds. The highest BCUT2D eigenvalue weighted by Crippen LogP contribution is 2.36. The summed E-state index contributed by atoms with van der Waals surface area (Å²) in [5, 5.41) is 1.05. The van der Waals surface area contributed by atoms with E-state index in [2.05, 4.69) is 35.0 Å². The predicted octanol–water partition coefficient (Wildman–Crippen LogP) is 5.22. The number of benzene rings is 3. The van der Waals surface area contributed by atoms with Crippen LogP contribution in [0.2, 0.25) is 0 Å². The number of methoxy groups -OCH3 is 1. The molecule has 0 radical (unpaired) electrons. The summed E-state index contributed by atoms with van der Waals surface area (Å²) in [4.78, 5) is 33.2. The average Bonchev–Trinajstić information content (AvgIpc) is 3.53. The van der Waals surface area contributed by atoms with Gasteiger partial charge in [0.05, 0.1) is 28.5 Å². The van der Waals surface area contributed by atoms with Gasteiger partial charge in [0.2, 0.25) is 0 Å². The maximum atomic E-state index is 14.3. The van der Waals surface area contributed by atoms with Gasteiger partial charge < -0.3 is 18.8 Å². The van der Waals surface area contributed by atoms with E-state index >= 15 is 0 Å². The Morgan fingerprint density at radius 2 is 1.73 bits per heavy atom. The number of aromatic nitrogens is 2. The number of fused-ring (bicyclic) bond motifs is 2. The first-order valence-electron chi connectivity index (χ1n) is 14.9. The summed E-state index contributed by atoms with van der Waals surface area (Å²) in [5.74, 6) is 0.0452. The second-order valence-corrected chi connectivity index (χ2v) is 12.1. The molecular weight excluding hydrogens is 586 g/mol. The van der Waals surface area contributed by atoms with E-state index in [0.29, 0.717) is 38.5 Å². The summed E-state index contributed by atoms with van der Waals surface area (Å²) in [5.41, 5.74) is 4.44. The second kappa shape index (κ2) is 13.1. The largest absolute Gasteiger partial charge is 0.491 e. The second-order valence-electron chi connectivity index (χ2n) is 11.1. The lowest BCUT2D eigenvalue weighted by Gasteiger charge is -2.27. The Morgan fingerprint density at radius 1 is 1.00 bits per heavy atom. The zero-order chi connectivity index (χ0) is 31.5. The SMILES string of the molecule is COCCOC(=O)C1=C(C)N=c2s/c(=C/c3cn(Cc4ccccc4)c4ccccc34)c(=O)n2[C@@H]1c1ccccc1OC(C)C. The van der Waals surface area contributed by atoms with Crippen molar-refractivity contribution in [3.63, 3.8) is 0 Å². The molecule has 1 aliphatic rings. The van der Waals surface area contributed by atoms with Gasteiger partial charge in [-0.15, -0.1) is 0 Å². The number of para-hydroxylation sites is 2. The molecule has 0 saturated carbocycles. The van der Waals surface area contributed by atoms with Crippen LogP contribution >= 0.6 is 11.3 Å². The maximum Gasteiger partial charge on any atom is 0.338 e. The number of allylic oxidation sites excluding steroid dienone is 1. The van der Waals surface area contributed by atoms with Crippen LogP contribution in [0, 0.1) is 0 Å². The number of nitrogens with zero attached hydrogens (tertiary/aromatic N) is 3. The fourth-order valence-electron chi connectivity index (χ4n) is 5.68. The van der Waals surface area contributed by atoms with Gasteiger partial charge >= 0.3 is 5.97 Å².